The van der Waals surface area contributed by atoms with Crippen LogP contribution < -0.4 is 13.8 Å². The maximum absolute atomic E-state index is 15.1. The number of piperazine rings is 1. The highest BCUT2D eigenvalue weighted by Gasteiger charge is 2.58. The zero-order chi connectivity index (χ0) is 34.8. The van der Waals surface area contributed by atoms with Crippen LogP contribution in [0, 0.1) is 11.3 Å². The third-order valence-electron chi connectivity index (χ3n) is 10.1. The van der Waals surface area contributed by atoms with Crippen molar-refractivity contribution in [2.24, 2.45) is 0 Å². The van der Waals surface area contributed by atoms with Crippen LogP contribution >= 0.6 is 0 Å². The lowest BCUT2D eigenvalue weighted by Crippen LogP contribution is -2.55. The first-order valence-corrected chi connectivity index (χ1v) is 18.2. The number of piperidine rings is 1. The van der Waals surface area contributed by atoms with Gasteiger partial charge in [-0.3, -0.25) is 14.5 Å². The van der Waals surface area contributed by atoms with E-state index in [0.29, 0.717) is 38.0 Å². The maximum Gasteiger partial charge on any atom is 0.270 e. The first kappa shape index (κ1) is 34.4. The van der Waals surface area contributed by atoms with Crippen LogP contribution in [-0.4, -0.2) is 105 Å². The predicted molar refractivity (Wildman–Crippen MR) is 183 cm³/mol. The number of benzene rings is 2. The van der Waals surface area contributed by atoms with Crippen molar-refractivity contribution in [2.75, 3.05) is 63.8 Å². The summed E-state index contributed by atoms with van der Waals surface area (Å²) in [4.78, 5) is 40.5. The van der Waals surface area contributed by atoms with Crippen LogP contribution in [0.25, 0.3) is 0 Å². The summed E-state index contributed by atoms with van der Waals surface area (Å²) >= 11 is 0. The molecule has 12 nitrogen and oxygen atoms in total. The van der Waals surface area contributed by atoms with Crippen molar-refractivity contribution in [1.29, 1.82) is 5.26 Å². The molecule has 3 aromatic rings. The first-order valence-electron chi connectivity index (χ1n) is 16.8. The Hall–Kier alpha value is -4.51. The minimum Gasteiger partial charge on any atom is -0.497 e. The standard InChI is InChI=1S/C36H42N6O6S/c1-4-39-17-14-27(15-18-39)40-19-21-41(22-20-40)33(43)24-36(30-7-6-16-38-34(30)48-5-2)31-23-26(25-37)8-13-32(31)42(35(36)44)49(45,46)29-11-9-28(47-3)10-12-29/h6-13,16,23,27H,4-5,14-15,17-22,24H2,1-3H3. The first-order chi connectivity index (χ1) is 23.7. The van der Waals surface area contributed by atoms with Crippen molar-refractivity contribution in [3.05, 3.63) is 77.5 Å². The van der Waals surface area contributed by atoms with Gasteiger partial charge in [0.05, 0.1) is 35.9 Å². The van der Waals surface area contributed by atoms with E-state index < -0.39 is 21.3 Å². The van der Waals surface area contributed by atoms with Crippen molar-refractivity contribution in [2.45, 2.75) is 49.5 Å². The molecular weight excluding hydrogens is 644 g/mol. The Morgan fingerprint density at radius 3 is 2.35 bits per heavy atom. The summed E-state index contributed by atoms with van der Waals surface area (Å²) in [6.45, 7) is 9.78. The third-order valence-corrected chi connectivity index (χ3v) is 11.8. The van der Waals surface area contributed by atoms with E-state index in [4.69, 9.17) is 9.47 Å². The molecule has 2 aromatic carbocycles. The number of hydrogen-bond acceptors (Lipinski definition) is 10. The Bertz CT molecular complexity index is 1850. The fourth-order valence-electron chi connectivity index (χ4n) is 7.38. The topological polar surface area (TPSA) is 136 Å². The predicted octanol–water partition coefficient (Wildman–Crippen LogP) is 3.40. The van der Waals surface area contributed by atoms with Crippen LogP contribution in [0.1, 0.15) is 49.8 Å². The lowest BCUT2D eigenvalue weighted by molar-refractivity contribution is -0.137. The molecule has 1 aromatic heterocycles. The van der Waals surface area contributed by atoms with E-state index in [1.165, 1.54) is 55.8 Å². The number of aromatic nitrogens is 1. The van der Waals surface area contributed by atoms with E-state index in [1.54, 1.807) is 24.0 Å². The van der Waals surface area contributed by atoms with Crippen molar-refractivity contribution in [1.82, 2.24) is 19.7 Å². The highest BCUT2D eigenvalue weighted by molar-refractivity contribution is 7.93. The number of likely N-dealkylation sites (tertiary alicyclic amines) is 1. The second kappa shape index (κ2) is 14.2. The monoisotopic (exact) mass is 686 g/mol. The normalized spacial score (nSPS) is 20.6. The summed E-state index contributed by atoms with van der Waals surface area (Å²) in [7, 11) is -3.01. The van der Waals surface area contributed by atoms with Gasteiger partial charge in [0.2, 0.25) is 11.8 Å². The number of rotatable bonds is 10. The fraction of sp³-hybridized carbons (Fsp3) is 0.444. The van der Waals surface area contributed by atoms with Gasteiger partial charge in [0.15, 0.2) is 0 Å². The SMILES string of the molecule is CCOc1ncccc1C1(CC(=O)N2CCN(C3CCN(CC)CC3)CC2)C(=O)N(S(=O)(=O)c2ccc(OC)cc2)c2ccc(C#N)cc21. The van der Waals surface area contributed by atoms with Gasteiger partial charge >= 0.3 is 0 Å². The lowest BCUT2D eigenvalue weighted by atomic mass is 9.72. The summed E-state index contributed by atoms with van der Waals surface area (Å²) in [5.41, 5.74) is -1.06. The fourth-order valence-corrected chi connectivity index (χ4v) is 8.87. The number of carbonyl (C=O) groups is 2. The number of sulfonamides is 1. The minimum atomic E-state index is -4.49. The molecule has 2 fully saturated rings. The molecule has 2 amide bonds. The van der Waals surface area contributed by atoms with E-state index in [1.807, 2.05) is 0 Å². The molecule has 4 heterocycles. The third kappa shape index (κ3) is 6.24. The van der Waals surface area contributed by atoms with Gasteiger partial charge in [-0.05, 0) is 93.5 Å². The maximum atomic E-state index is 15.1. The van der Waals surface area contributed by atoms with Gasteiger partial charge in [0.25, 0.3) is 15.9 Å². The molecule has 1 atom stereocenters. The molecule has 1 unspecified atom stereocenters. The lowest BCUT2D eigenvalue weighted by Gasteiger charge is -2.43. The Morgan fingerprint density at radius 1 is 1.00 bits per heavy atom. The number of fused-ring (bicyclic) bond motifs is 1. The Kier molecular flexibility index (Phi) is 9.92. The second-order valence-electron chi connectivity index (χ2n) is 12.5. The Morgan fingerprint density at radius 2 is 1.71 bits per heavy atom. The molecule has 13 heteroatoms. The Labute approximate surface area is 287 Å². The van der Waals surface area contributed by atoms with Crippen molar-refractivity contribution in [3.8, 4) is 17.7 Å². The van der Waals surface area contributed by atoms with Crippen molar-refractivity contribution >= 4 is 27.5 Å². The van der Waals surface area contributed by atoms with E-state index in [0.717, 1.165) is 36.8 Å². The van der Waals surface area contributed by atoms with E-state index >= 15 is 4.79 Å². The summed E-state index contributed by atoms with van der Waals surface area (Å²) in [6.07, 6.45) is 3.34. The molecule has 0 aliphatic carbocycles. The minimum absolute atomic E-state index is 0.0714. The molecular formula is C36H42N6O6S. The molecule has 0 N–H and O–H groups in total. The van der Waals surface area contributed by atoms with Gasteiger partial charge in [-0.1, -0.05) is 13.0 Å². The zero-order valence-electron chi connectivity index (χ0n) is 28.2. The molecule has 0 bridgehead atoms. The molecule has 0 radical (unpaired) electrons. The van der Waals surface area contributed by atoms with Crippen molar-refractivity contribution < 1.29 is 27.5 Å². The average Bonchev–Trinajstić information content (AvgIpc) is 3.39. The number of amides is 2. The smallest absolute Gasteiger partial charge is 0.270 e. The number of hydrogen-bond donors (Lipinski definition) is 0. The van der Waals surface area contributed by atoms with Gasteiger partial charge < -0.3 is 19.3 Å². The summed E-state index contributed by atoms with van der Waals surface area (Å²) in [5.74, 6) is -0.561. The molecule has 0 saturated carbocycles. The highest BCUT2D eigenvalue weighted by Crippen LogP contribution is 2.52. The largest absolute Gasteiger partial charge is 0.497 e. The number of methoxy groups -OCH3 is 1. The number of ether oxygens (including phenoxy) is 2. The quantitative estimate of drug-likeness (QED) is 0.312. The molecule has 3 aliphatic rings. The number of pyridine rings is 1. The number of nitriles is 1. The van der Waals surface area contributed by atoms with Crippen LogP contribution in [0.4, 0.5) is 5.69 Å². The van der Waals surface area contributed by atoms with E-state index in [-0.39, 0.29) is 52.1 Å². The molecule has 3 aliphatic heterocycles. The number of nitrogens with zero attached hydrogens (tertiary/aromatic N) is 6. The molecule has 2 saturated heterocycles. The summed E-state index contributed by atoms with van der Waals surface area (Å²) in [5, 5.41) is 9.92. The van der Waals surface area contributed by atoms with Gasteiger partial charge in [-0.25, -0.2) is 17.7 Å². The summed E-state index contributed by atoms with van der Waals surface area (Å²) < 4.78 is 40.6. The van der Waals surface area contributed by atoms with Crippen LogP contribution in [0.2, 0.25) is 0 Å². The molecule has 0 spiro atoms. The molecule has 49 heavy (non-hydrogen) atoms. The van der Waals surface area contributed by atoms with Crippen LogP contribution in [0.5, 0.6) is 11.6 Å². The highest BCUT2D eigenvalue weighted by atomic mass is 32.2. The van der Waals surface area contributed by atoms with Gasteiger partial charge in [0, 0.05) is 50.4 Å². The number of carbonyl (C=O) groups excluding carboxylic acids is 2. The van der Waals surface area contributed by atoms with Gasteiger partial charge in [0.1, 0.15) is 11.2 Å². The molecule has 6 rings (SSSR count). The van der Waals surface area contributed by atoms with Crippen LogP contribution in [0.3, 0.4) is 0 Å². The van der Waals surface area contributed by atoms with E-state index in [9.17, 15) is 18.5 Å². The van der Waals surface area contributed by atoms with Gasteiger partial charge in [-0.2, -0.15) is 5.26 Å². The second-order valence-corrected chi connectivity index (χ2v) is 14.3. The van der Waals surface area contributed by atoms with Crippen LogP contribution in [-0.2, 0) is 25.0 Å². The zero-order valence-corrected chi connectivity index (χ0v) is 29.0. The van der Waals surface area contributed by atoms with Crippen LogP contribution in [0.15, 0.2) is 65.7 Å². The average molecular weight is 687 g/mol. The van der Waals surface area contributed by atoms with E-state index in [2.05, 4.69) is 27.8 Å². The summed E-state index contributed by atoms with van der Waals surface area (Å²) in [6, 6.07) is 16.1. The Balaban J connectivity index is 1.40. The van der Waals surface area contributed by atoms with Gasteiger partial charge in [-0.15, -0.1) is 0 Å². The molecule has 258 valence electrons. The number of anilines is 1. The van der Waals surface area contributed by atoms with Crippen molar-refractivity contribution in [3.63, 3.8) is 0 Å².